The van der Waals surface area contributed by atoms with Crippen LogP contribution < -0.4 is 10.5 Å². The number of hydrogen-bond acceptors (Lipinski definition) is 3. The summed E-state index contributed by atoms with van der Waals surface area (Å²) in [6, 6.07) is 10.6. The van der Waals surface area contributed by atoms with Crippen LogP contribution >= 0.6 is 23.2 Å². The van der Waals surface area contributed by atoms with Crippen LogP contribution in [-0.2, 0) is 10.0 Å². The summed E-state index contributed by atoms with van der Waals surface area (Å²) in [6.07, 6.45) is 0. The van der Waals surface area contributed by atoms with E-state index < -0.39 is 10.0 Å². The van der Waals surface area contributed by atoms with Crippen molar-refractivity contribution >= 4 is 44.6 Å². The zero-order chi connectivity index (χ0) is 14.0. The molecule has 0 spiro atoms. The van der Waals surface area contributed by atoms with Crippen LogP contribution in [0.4, 0.5) is 11.4 Å². The van der Waals surface area contributed by atoms with Gasteiger partial charge >= 0.3 is 0 Å². The van der Waals surface area contributed by atoms with Crippen LogP contribution in [0.25, 0.3) is 0 Å². The van der Waals surface area contributed by atoms with Crippen molar-refractivity contribution in [3.63, 3.8) is 0 Å². The van der Waals surface area contributed by atoms with Crippen molar-refractivity contribution < 1.29 is 8.42 Å². The van der Waals surface area contributed by atoms with Crippen molar-refractivity contribution in [2.75, 3.05) is 10.5 Å². The van der Waals surface area contributed by atoms with Crippen molar-refractivity contribution in [2.24, 2.45) is 0 Å². The summed E-state index contributed by atoms with van der Waals surface area (Å²) >= 11 is 11.6. The number of hydrogen-bond donors (Lipinski definition) is 2. The second kappa shape index (κ2) is 5.28. The number of para-hydroxylation sites is 2. The van der Waals surface area contributed by atoms with Crippen molar-refractivity contribution in [2.45, 2.75) is 4.90 Å². The molecule has 0 unspecified atom stereocenters. The monoisotopic (exact) mass is 316 g/mol. The molecular weight excluding hydrogens is 307 g/mol. The van der Waals surface area contributed by atoms with Gasteiger partial charge in [-0.05, 0) is 30.3 Å². The van der Waals surface area contributed by atoms with E-state index in [1.165, 1.54) is 18.2 Å². The van der Waals surface area contributed by atoms with E-state index in [9.17, 15) is 8.42 Å². The Hall–Kier alpha value is -1.43. The average molecular weight is 317 g/mol. The third kappa shape index (κ3) is 3.32. The van der Waals surface area contributed by atoms with Crippen LogP contribution in [0.1, 0.15) is 0 Å². The highest BCUT2D eigenvalue weighted by Gasteiger charge is 2.16. The number of nitrogens with two attached hydrogens (primary N) is 1. The highest BCUT2D eigenvalue weighted by atomic mass is 35.5. The Morgan fingerprint density at radius 2 is 1.58 bits per heavy atom. The van der Waals surface area contributed by atoms with E-state index in [2.05, 4.69) is 4.72 Å². The third-order valence-electron chi connectivity index (χ3n) is 2.35. The molecule has 0 aliphatic heterocycles. The number of nitrogen functional groups attached to an aromatic ring is 1. The summed E-state index contributed by atoms with van der Waals surface area (Å²) < 4.78 is 26.7. The SMILES string of the molecule is Nc1ccccc1NS(=O)(=O)c1cc(Cl)cc(Cl)c1. The molecule has 0 aliphatic rings. The molecule has 2 aromatic rings. The lowest BCUT2D eigenvalue weighted by molar-refractivity contribution is 0.601. The lowest BCUT2D eigenvalue weighted by Crippen LogP contribution is -2.14. The van der Waals surface area contributed by atoms with E-state index >= 15 is 0 Å². The first-order chi connectivity index (χ1) is 8.88. The standard InChI is InChI=1S/C12H10Cl2N2O2S/c13-8-5-9(14)7-10(6-8)19(17,18)16-12-4-2-1-3-11(12)15/h1-7,16H,15H2. The predicted octanol–water partition coefficient (Wildman–Crippen LogP) is 3.38. The number of sulfonamides is 1. The summed E-state index contributed by atoms with van der Waals surface area (Å²) in [6.45, 7) is 0. The minimum atomic E-state index is -3.78. The highest BCUT2D eigenvalue weighted by Crippen LogP contribution is 2.25. The normalized spacial score (nSPS) is 11.3. The van der Waals surface area contributed by atoms with Gasteiger partial charge < -0.3 is 5.73 Å². The van der Waals surface area contributed by atoms with E-state index in [-0.39, 0.29) is 14.9 Å². The topological polar surface area (TPSA) is 72.2 Å². The zero-order valence-electron chi connectivity index (χ0n) is 9.60. The summed E-state index contributed by atoms with van der Waals surface area (Å²) in [7, 11) is -3.78. The first kappa shape index (κ1) is 14.0. The van der Waals surface area contributed by atoms with Gasteiger partial charge in [0.1, 0.15) is 0 Å². The van der Waals surface area contributed by atoms with Gasteiger partial charge in [0.15, 0.2) is 0 Å². The maximum atomic E-state index is 12.2. The Labute approximate surface area is 121 Å². The quantitative estimate of drug-likeness (QED) is 0.853. The van der Waals surface area contributed by atoms with Crippen LogP contribution in [0.3, 0.4) is 0 Å². The van der Waals surface area contributed by atoms with Gasteiger partial charge in [-0.2, -0.15) is 0 Å². The second-order valence-corrected chi connectivity index (χ2v) is 6.35. The van der Waals surface area contributed by atoms with Gasteiger partial charge in [-0.15, -0.1) is 0 Å². The fourth-order valence-corrected chi connectivity index (χ4v) is 3.29. The van der Waals surface area contributed by atoms with Crippen LogP contribution in [0, 0.1) is 0 Å². The minimum Gasteiger partial charge on any atom is -0.397 e. The van der Waals surface area contributed by atoms with Crippen LogP contribution in [0.2, 0.25) is 10.0 Å². The Bertz CT molecular complexity index is 697. The molecule has 0 fully saturated rings. The molecule has 0 radical (unpaired) electrons. The molecule has 7 heteroatoms. The molecule has 0 atom stereocenters. The summed E-state index contributed by atoms with van der Waals surface area (Å²) in [5.74, 6) is 0. The van der Waals surface area contributed by atoms with Crippen LogP contribution in [0.15, 0.2) is 47.4 Å². The number of rotatable bonds is 3. The lowest BCUT2D eigenvalue weighted by Gasteiger charge is -2.10. The van der Waals surface area contributed by atoms with Gasteiger partial charge in [-0.3, -0.25) is 4.72 Å². The fourth-order valence-electron chi connectivity index (χ4n) is 1.48. The number of nitrogens with one attached hydrogen (secondary N) is 1. The number of anilines is 2. The smallest absolute Gasteiger partial charge is 0.262 e. The van der Waals surface area contributed by atoms with Crippen molar-refractivity contribution in [3.05, 3.63) is 52.5 Å². The molecule has 0 saturated heterocycles. The molecule has 100 valence electrons. The van der Waals surface area contributed by atoms with Gasteiger partial charge in [0.2, 0.25) is 0 Å². The van der Waals surface area contributed by atoms with Crippen LogP contribution in [0.5, 0.6) is 0 Å². The molecule has 0 heterocycles. The molecule has 2 aromatic carbocycles. The molecule has 4 nitrogen and oxygen atoms in total. The van der Waals surface area contributed by atoms with Gasteiger partial charge in [0, 0.05) is 10.0 Å². The van der Waals surface area contributed by atoms with E-state index in [1.807, 2.05) is 0 Å². The zero-order valence-corrected chi connectivity index (χ0v) is 11.9. The van der Waals surface area contributed by atoms with E-state index in [1.54, 1.807) is 24.3 Å². The molecule has 0 amide bonds. The molecule has 0 aliphatic carbocycles. The first-order valence-electron chi connectivity index (χ1n) is 5.22. The maximum Gasteiger partial charge on any atom is 0.262 e. The van der Waals surface area contributed by atoms with Gasteiger partial charge in [0.05, 0.1) is 16.3 Å². The minimum absolute atomic E-state index is 0.0201. The summed E-state index contributed by atoms with van der Waals surface area (Å²) in [4.78, 5) is -0.0201. The maximum absolute atomic E-state index is 12.2. The molecule has 3 N–H and O–H groups in total. The predicted molar refractivity (Wildman–Crippen MR) is 78.1 cm³/mol. The molecule has 2 rings (SSSR count). The average Bonchev–Trinajstić information content (AvgIpc) is 2.31. The fraction of sp³-hybridized carbons (Fsp3) is 0. The van der Waals surface area contributed by atoms with E-state index in [0.29, 0.717) is 11.4 Å². The Balaban J connectivity index is 2.41. The van der Waals surface area contributed by atoms with Gasteiger partial charge in [-0.1, -0.05) is 35.3 Å². The van der Waals surface area contributed by atoms with Gasteiger partial charge in [-0.25, -0.2) is 8.42 Å². The Morgan fingerprint density at radius 3 is 2.16 bits per heavy atom. The van der Waals surface area contributed by atoms with E-state index in [0.717, 1.165) is 0 Å². The van der Waals surface area contributed by atoms with Crippen molar-refractivity contribution in [1.29, 1.82) is 0 Å². The number of halogens is 2. The van der Waals surface area contributed by atoms with Crippen molar-refractivity contribution in [3.8, 4) is 0 Å². The van der Waals surface area contributed by atoms with E-state index in [4.69, 9.17) is 28.9 Å². The largest absolute Gasteiger partial charge is 0.397 e. The van der Waals surface area contributed by atoms with Crippen molar-refractivity contribution in [1.82, 2.24) is 0 Å². The Kier molecular flexibility index (Phi) is 3.89. The molecule has 19 heavy (non-hydrogen) atoms. The Morgan fingerprint density at radius 1 is 1.00 bits per heavy atom. The second-order valence-electron chi connectivity index (χ2n) is 3.80. The third-order valence-corrected chi connectivity index (χ3v) is 4.13. The first-order valence-corrected chi connectivity index (χ1v) is 7.46. The summed E-state index contributed by atoms with van der Waals surface area (Å²) in [5.41, 5.74) is 6.32. The molecule has 0 aromatic heterocycles. The lowest BCUT2D eigenvalue weighted by atomic mass is 10.3. The number of benzene rings is 2. The molecule has 0 bridgehead atoms. The van der Waals surface area contributed by atoms with Gasteiger partial charge in [0.25, 0.3) is 10.0 Å². The highest BCUT2D eigenvalue weighted by molar-refractivity contribution is 7.92. The molecular formula is C12H10Cl2N2O2S. The summed E-state index contributed by atoms with van der Waals surface area (Å²) in [5, 5.41) is 0.489. The van der Waals surface area contributed by atoms with Crippen LogP contribution in [-0.4, -0.2) is 8.42 Å². The molecule has 0 saturated carbocycles.